The van der Waals surface area contributed by atoms with Gasteiger partial charge in [0.05, 0.1) is 0 Å². The SMILES string of the molecule is CC1(C)c2ccccc2-c2ccc(-c3c4c(c(-c5ccc6c(c5)C(C)(C)c5ccccc5-6)c5ccccc35)-c3cccc5cccc-4c35)cc21. The summed E-state index contributed by atoms with van der Waals surface area (Å²) in [5, 5.41) is 5.28. The van der Waals surface area contributed by atoms with Gasteiger partial charge in [0.2, 0.25) is 0 Å². The first kappa shape index (κ1) is 28.2. The van der Waals surface area contributed by atoms with Gasteiger partial charge in [-0.15, -0.1) is 0 Å². The molecule has 0 amide bonds. The molecule has 0 saturated heterocycles. The monoisotopic (exact) mass is 636 g/mol. The molecule has 0 fully saturated rings. The number of hydrogen-bond donors (Lipinski definition) is 0. The molecule has 0 atom stereocenters. The highest BCUT2D eigenvalue weighted by Crippen LogP contribution is 2.59. The number of hydrogen-bond acceptors (Lipinski definition) is 0. The third-order valence-corrected chi connectivity index (χ3v) is 12.4. The van der Waals surface area contributed by atoms with Crippen molar-refractivity contribution >= 4 is 21.5 Å². The van der Waals surface area contributed by atoms with E-state index in [1.807, 2.05) is 0 Å². The molecular weight excluding hydrogens is 601 g/mol. The molecule has 236 valence electrons. The molecule has 8 aromatic rings. The minimum atomic E-state index is -0.0708. The molecule has 0 aliphatic heterocycles. The van der Waals surface area contributed by atoms with E-state index in [2.05, 4.69) is 173 Å². The van der Waals surface area contributed by atoms with Crippen LogP contribution in [0.5, 0.6) is 0 Å². The summed E-state index contributed by atoms with van der Waals surface area (Å²) in [7, 11) is 0. The molecule has 3 aliphatic rings. The van der Waals surface area contributed by atoms with Crippen LogP contribution >= 0.6 is 0 Å². The minimum absolute atomic E-state index is 0.0708. The number of benzene rings is 8. The van der Waals surface area contributed by atoms with E-state index in [9.17, 15) is 0 Å². The molecule has 0 heterocycles. The molecule has 0 bridgehead atoms. The standard InChI is InChI=1S/C50H36/c1-49(2)40-21-9-7-15-32(40)34-25-23-30(27-42(34)49)45-36-17-5-6-18-37(36)46(48-39-20-12-14-29-13-11-19-38(44(29)39)47(45)48)31-24-26-35-33-16-8-10-22-41(33)50(3,4)43(35)28-31/h5-28H,1-4H3. The second-order valence-electron chi connectivity index (χ2n) is 15.6. The average Bonchev–Trinajstić information content (AvgIpc) is 3.68. The van der Waals surface area contributed by atoms with Crippen LogP contribution in [0.2, 0.25) is 0 Å². The van der Waals surface area contributed by atoms with E-state index in [4.69, 9.17) is 0 Å². The van der Waals surface area contributed by atoms with Gasteiger partial charge in [-0.25, -0.2) is 0 Å². The predicted octanol–water partition coefficient (Wildman–Crippen LogP) is 13.6. The summed E-state index contributed by atoms with van der Waals surface area (Å²) in [5.41, 5.74) is 21.6. The van der Waals surface area contributed by atoms with E-state index in [1.165, 1.54) is 111 Å². The van der Waals surface area contributed by atoms with E-state index >= 15 is 0 Å². The summed E-state index contributed by atoms with van der Waals surface area (Å²) >= 11 is 0. The van der Waals surface area contributed by atoms with Gasteiger partial charge in [-0.1, -0.05) is 161 Å². The van der Waals surface area contributed by atoms with E-state index in [1.54, 1.807) is 0 Å². The Labute approximate surface area is 293 Å². The van der Waals surface area contributed by atoms with Crippen LogP contribution in [-0.2, 0) is 10.8 Å². The highest BCUT2D eigenvalue weighted by molar-refractivity contribution is 6.27. The van der Waals surface area contributed by atoms with Gasteiger partial charge in [0.1, 0.15) is 0 Å². The molecule has 50 heavy (non-hydrogen) atoms. The second-order valence-corrected chi connectivity index (χ2v) is 15.6. The van der Waals surface area contributed by atoms with E-state index in [0.29, 0.717) is 0 Å². The van der Waals surface area contributed by atoms with E-state index < -0.39 is 0 Å². The Hall–Kier alpha value is -5.72. The molecule has 0 spiro atoms. The van der Waals surface area contributed by atoms with Gasteiger partial charge in [0.25, 0.3) is 0 Å². The van der Waals surface area contributed by atoms with Crippen molar-refractivity contribution in [2.75, 3.05) is 0 Å². The molecule has 0 aromatic heterocycles. The number of rotatable bonds is 2. The van der Waals surface area contributed by atoms with E-state index in [-0.39, 0.29) is 10.8 Å². The zero-order chi connectivity index (χ0) is 33.5. The fourth-order valence-electron chi connectivity index (χ4n) is 10.1. The Kier molecular flexibility index (Phi) is 5.34. The van der Waals surface area contributed by atoms with Crippen molar-refractivity contribution < 1.29 is 0 Å². The van der Waals surface area contributed by atoms with E-state index in [0.717, 1.165) is 0 Å². The van der Waals surface area contributed by atoms with Gasteiger partial charge in [-0.3, -0.25) is 0 Å². The van der Waals surface area contributed by atoms with Crippen LogP contribution in [-0.4, -0.2) is 0 Å². The van der Waals surface area contributed by atoms with Crippen LogP contribution in [0.15, 0.2) is 146 Å². The van der Waals surface area contributed by atoms with Gasteiger partial charge in [-0.2, -0.15) is 0 Å². The summed E-state index contributed by atoms with van der Waals surface area (Å²) in [6.07, 6.45) is 0. The normalized spacial score (nSPS) is 15.1. The Morgan fingerprint density at radius 1 is 0.320 bits per heavy atom. The molecule has 0 heteroatoms. The van der Waals surface area contributed by atoms with Crippen LogP contribution < -0.4 is 0 Å². The number of fused-ring (bicyclic) bond motifs is 10. The van der Waals surface area contributed by atoms with Crippen molar-refractivity contribution in [3.8, 4) is 66.8 Å². The highest BCUT2D eigenvalue weighted by atomic mass is 14.4. The quantitative estimate of drug-likeness (QED) is 0.177. The van der Waals surface area contributed by atoms with Crippen LogP contribution in [0.1, 0.15) is 49.9 Å². The topological polar surface area (TPSA) is 0 Å². The lowest BCUT2D eigenvalue weighted by atomic mass is 9.78. The first-order valence-electron chi connectivity index (χ1n) is 17.9. The van der Waals surface area contributed by atoms with Gasteiger partial charge in [0, 0.05) is 10.8 Å². The second kappa shape index (κ2) is 9.49. The van der Waals surface area contributed by atoms with Crippen LogP contribution in [0.25, 0.3) is 88.3 Å². The summed E-state index contributed by atoms with van der Waals surface area (Å²) < 4.78 is 0. The molecule has 0 nitrogen and oxygen atoms in total. The van der Waals surface area contributed by atoms with Crippen molar-refractivity contribution in [2.24, 2.45) is 0 Å². The van der Waals surface area contributed by atoms with Crippen molar-refractivity contribution in [1.82, 2.24) is 0 Å². The van der Waals surface area contributed by atoms with Crippen LogP contribution in [0, 0.1) is 0 Å². The third kappa shape index (κ3) is 3.41. The molecule has 0 radical (unpaired) electrons. The lowest BCUT2D eigenvalue weighted by molar-refractivity contribution is 0.660. The van der Waals surface area contributed by atoms with Crippen molar-refractivity contribution in [3.63, 3.8) is 0 Å². The fourth-order valence-corrected chi connectivity index (χ4v) is 10.1. The van der Waals surface area contributed by atoms with Crippen molar-refractivity contribution in [2.45, 2.75) is 38.5 Å². The molecule has 8 aromatic carbocycles. The Bertz CT molecular complexity index is 2620. The first-order chi connectivity index (χ1) is 24.3. The summed E-state index contributed by atoms with van der Waals surface area (Å²) in [6, 6.07) is 55.4. The van der Waals surface area contributed by atoms with Gasteiger partial charge < -0.3 is 0 Å². The van der Waals surface area contributed by atoms with Crippen molar-refractivity contribution in [3.05, 3.63) is 168 Å². The Balaban J connectivity index is 1.25. The zero-order valence-corrected chi connectivity index (χ0v) is 28.9. The molecule has 11 rings (SSSR count). The Morgan fingerprint density at radius 2 is 0.720 bits per heavy atom. The van der Waals surface area contributed by atoms with Gasteiger partial charge >= 0.3 is 0 Å². The maximum Gasteiger partial charge on any atom is 0.0159 e. The Morgan fingerprint density at radius 3 is 1.20 bits per heavy atom. The summed E-state index contributed by atoms with van der Waals surface area (Å²) in [5.74, 6) is 0. The highest BCUT2D eigenvalue weighted by Gasteiger charge is 2.38. The minimum Gasteiger partial charge on any atom is -0.0619 e. The van der Waals surface area contributed by atoms with Crippen molar-refractivity contribution in [1.29, 1.82) is 0 Å². The lowest BCUT2D eigenvalue weighted by Gasteiger charge is -2.25. The maximum atomic E-state index is 2.51. The molecule has 3 aliphatic carbocycles. The molecule has 0 saturated carbocycles. The summed E-state index contributed by atoms with van der Waals surface area (Å²) in [4.78, 5) is 0. The average molecular weight is 637 g/mol. The molecule has 0 N–H and O–H groups in total. The first-order valence-corrected chi connectivity index (χ1v) is 17.9. The van der Waals surface area contributed by atoms with Gasteiger partial charge in [-0.05, 0) is 123 Å². The molecule has 0 unspecified atom stereocenters. The maximum absolute atomic E-state index is 2.51. The lowest BCUT2D eigenvalue weighted by Crippen LogP contribution is -2.15. The smallest absolute Gasteiger partial charge is 0.0159 e. The zero-order valence-electron chi connectivity index (χ0n) is 28.9. The fraction of sp³-hybridized carbons (Fsp3) is 0.120. The molecular formula is C50H36. The van der Waals surface area contributed by atoms with Crippen LogP contribution in [0.3, 0.4) is 0 Å². The van der Waals surface area contributed by atoms with Crippen LogP contribution in [0.4, 0.5) is 0 Å². The predicted molar refractivity (Wildman–Crippen MR) is 212 cm³/mol. The summed E-state index contributed by atoms with van der Waals surface area (Å²) in [6.45, 7) is 9.54. The van der Waals surface area contributed by atoms with Gasteiger partial charge in [0.15, 0.2) is 0 Å². The third-order valence-electron chi connectivity index (χ3n) is 12.4. The largest absolute Gasteiger partial charge is 0.0619 e.